The van der Waals surface area contributed by atoms with Gasteiger partial charge in [0.1, 0.15) is 0 Å². The summed E-state index contributed by atoms with van der Waals surface area (Å²) in [6, 6.07) is 3.96. The molecule has 1 atom stereocenters. The Morgan fingerprint density at radius 2 is 2.33 bits per heavy atom. The average Bonchev–Trinajstić information content (AvgIpc) is 3.07. The van der Waals surface area contributed by atoms with Crippen LogP contribution in [0.15, 0.2) is 22.0 Å². The molecule has 2 aromatic rings. The maximum atomic E-state index is 12.3. The van der Waals surface area contributed by atoms with Crippen LogP contribution in [0.1, 0.15) is 31.6 Å². The van der Waals surface area contributed by atoms with Gasteiger partial charge in [0.25, 0.3) is 0 Å². The summed E-state index contributed by atoms with van der Waals surface area (Å²) in [7, 11) is 0. The fourth-order valence-electron chi connectivity index (χ4n) is 3.14. The molecule has 24 heavy (non-hydrogen) atoms. The monoisotopic (exact) mass is 346 g/mol. The highest BCUT2D eigenvalue weighted by molar-refractivity contribution is 7.13. The van der Waals surface area contributed by atoms with Crippen molar-refractivity contribution >= 4 is 17.2 Å². The van der Waals surface area contributed by atoms with E-state index in [0.29, 0.717) is 18.3 Å². The van der Waals surface area contributed by atoms with E-state index < -0.39 is 0 Å². The Kier molecular flexibility index (Phi) is 4.62. The first-order chi connectivity index (χ1) is 11.8. The third kappa shape index (κ3) is 3.84. The summed E-state index contributed by atoms with van der Waals surface area (Å²) >= 11 is 1.60. The Morgan fingerprint density at radius 1 is 1.42 bits per heavy atom. The van der Waals surface area contributed by atoms with Crippen molar-refractivity contribution in [1.82, 2.24) is 20.4 Å². The zero-order chi connectivity index (χ0) is 16.4. The predicted molar refractivity (Wildman–Crippen MR) is 91.3 cm³/mol. The molecule has 1 aliphatic heterocycles. The molecule has 2 aliphatic rings. The third-order valence-corrected chi connectivity index (χ3v) is 5.57. The van der Waals surface area contributed by atoms with Gasteiger partial charge in [0, 0.05) is 13.1 Å². The number of nitrogens with zero attached hydrogens (tertiary/aromatic N) is 3. The van der Waals surface area contributed by atoms with Crippen LogP contribution in [0.5, 0.6) is 0 Å². The second-order valence-corrected chi connectivity index (χ2v) is 7.70. The fraction of sp³-hybridized carbons (Fsp3) is 0.588. The Labute approximate surface area is 145 Å². The topological polar surface area (TPSA) is 71.3 Å². The summed E-state index contributed by atoms with van der Waals surface area (Å²) in [5.74, 6) is 2.28. The number of nitrogens with one attached hydrogen (secondary N) is 1. The molecule has 7 heteroatoms. The van der Waals surface area contributed by atoms with Gasteiger partial charge in [-0.1, -0.05) is 11.2 Å². The Bertz CT molecular complexity index is 681. The van der Waals surface area contributed by atoms with E-state index in [1.165, 1.54) is 12.8 Å². The molecule has 0 bridgehead atoms. The van der Waals surface area contributed by atoms with Crippen molar-refractivity contribution in [1.29, 1.82) is 0 Å². The highest BCUT2D eigenvalue weighted by Crippen LogP contribution is 2.28. The molecule has 128 valence electrons. The lowest BCUT2D eigenvalue weighted by atomic mass is 9.97. The van der Waals surface area contributed by atoms with Crippen molar-refractivity contribution < 1.29 is 9.32 Å². The van der Waals surface area contributed by atoms with Crippen molar-refractivity contribution in [2.24, 2.45) is 11.8 Å². The molecule has 2 aromatic heterocycles. The Hall–Kier alpha value is -1.73. The first-order valence-corrected chi connectivity index (χ1v) is 9.52. The van der Waals surface area contributed by atoms with Crippen LogP contribution in [0, 0.1) is 11.8 Å². The lowest BCUT2D eigenvalue weighted by Gasteiger charge is -2.30. The zero-order valence-corrected chi connectivity index (χ0v) is 14.4. The summed E-state index contributed by atoms with van der Waals surface area (Å²) in [5.41, 5.74) is 0. The van der Waals surface area contributed by atoms with Gasteiger partial charge in [-0.3, -0.25) is 9.69 Å². The van der Waals surface area contributed by atoms with Crippen molar-refractivity contribution in [2.45, 2.75) is 32.2 Å². The van der Waals surface area contributed by atoms with Gasteiger partial charge in [-0.2, -0.15) is 4.98 Å². The number of hydrogen-bond donors (Lipinski definition) is 1. The minimum atomic E-state index is 0.0807. The SMILES string of the molecule is O=C(NCC1CC1)[C@H]1CCCN(Cc2nc(-c3cccs3)no2)C1. The van der Waals surface area contributed by atoms with Gasteiger partial charge in [-0.25, -0.2) is 0 Å². The quantitative estimate of drug-likeness (QED) is 0.870. The van der Waals surface area contributed by atoms with Crippen LogP contribution in [0.25, 0.3) is 10.7 Å². The summed E-state index contributed by atoms with van der Waals surface area (Å²) in [4.78, 5) is 20.0. The molecule has 1 N–H and O–H groups in total. The van der Waals surface area contributed by atoms with E-state index >= 15 is 0 Å². The number of piperidine rings is 1. The van der Waals surface area contributed by atoms with Gasteiger partial charge >= 0.3 is 0 Å². The van der Waals surface area contributed by atoms with E-state index in [4.69, 9.17) is 4.52 Å². The molecule has 0 spiro atoms. The average molecular weight is 346 g/mol. The number of carbonyl (C=O) groups is 1. The van der Waals surface area contributed by atoms with Gasteiger partial charge in [-0.15, -0.1) is 11.3 Å². The maximum absolute atomic E-state index is 12.3. The number of rotatable bonds is 6. The molecule has 1 aliphatic carbocycles. The molecule has 4 rings (SSSR count). The molecule has 2 fully saturated rings. The van der Waals surface area contributed by atoms with Gasteiger partial charge < -0.3 is 9.84 Å². The number of likely N-dealkylation sites (tertiary alicyclic amines) is 1. The summed E-state index contributed by atoms with van der Waals surface area (Å²) in [5, 5.41) is 9.16. The fourth-order valence-corrected chi connectivity index (χ4v) is 3.79. The Morgan fingerprint density at radius 3 is 3.12 bits per heavy atom. The molecule has 6 nitrogen and oxygen atoms in total. The highest BCUT2D eigenvalue weighted by atomic mass is 32.1. The third-order valence-electron chi connectivity index (χ3n) is 4.71. The molecule has 3 heterocycles. The van der Waals surface area contributed by atoms with Crippen molar-refractivity contribution in [3.63, 3.8) is 0 Å². The molecule has 0 aromatic carbocycles. The van der Waals surface area contributed by atoms with E-state index in [9.17, 15) is 4.79 Å². The largest absolute Gasteiger partial charge is 0.356 e. The number of amides is 1. The second kappa shape index (κ2) is 7.03. The van der Waals surface area contributed by atoms with Crippen LogP contribution in [0.3, 0.4) is 0 Å². The summed E-state index contributed by atoms with van der Waals surface area (Å²) in [6.07, 6.45) is 4.53. The van der Waals surface area contributed by atoms with Gasteiger partial charge in [0.15, 0.2) is 0 Å². The van der Waals surface area contributed by atoms with Crippen molar-refractivity contribution in [2.75, 3.05) is 19.6 Å². The number of carbonyl (C=O) groups excluding carboxylic acids is 1. The number of thiophene rings is 1. The van der Waals surface area contributed by atoms with Gasteiger partial charge in [0.2, 0.25) is 17.6 Å². The van der Waals surface area contributed by atoms with Crippen LogP contribution in [0.4, 0.5) is 0 Å². The lowest BCUT2D eigenvalue weighted by Crippen LogP contribution is -2.43. The summed E-state index contributed by atoms with van der Waals surface area (Å²) in [6.45, 7) is 3.21. The van der Waals surface area contributed by atoms with Crippen LogP contribution >= 0.6 is 11.3 Å². The highest BCUT2D eigenvalue weighted by Gasteiger charge is 2.28. The molecule has 0 unspecified atom stereocenters. The molecular weight excluding hydrogens is 324 g/mol. The van der Waals surface area contributed by atoms with E-state index in [2.05, 4.69) is 20.4 Å². The smallest absolute Gasteiger partial charge is 0.241 e. The van der Waals surface area contributed by atoms with E-state index in [-0.39, 0.29) is 11.8 Å². The standard InChI is InChI=1S/C17H22N4O2S/c22-17(18-9-12-5-6-12)13-3-1-7-21(10-13)11-15-19-16(20-23-15)14-4-2-8-24-14/h2,4,8,12-13H,1,3,5-7,9-11H2,(H,18,22)/t13-/m0/s1. The van der Waals surface area contributed by atoms with Crippen LogP contribution in [0.2, 0.25) is 0 Å². The first kappa shape index (κ1) is 15.8. The molecule has 0 radical (unpaired) electrons. The predicted octanol–water partition coefficient (Wildman–Crippen LogP) is 2.54. The number of aromatic nitrogens is 2. The van der Waals surface area contributed by atoms with Gasteiger partial charge in [0.05, 0.1) is 17.3 Å². The molecule has 1 amide bonds. The summed E-state index contributed by atoms with van der Waals surface area (Å²) < 4.78 is 5.38. The lowest BCUT2D eigenvalue weighted by molar-refractivity contribution is -0.126. The van der Waals surface area contributed by atoms with Gasteiger partial charge in [-0.05, 0) is 49.6 Å². The molecule has 1 saturated carbocycles. The normalized spacial score (nSPS) is 21.8. The number of hydrogen-bond acceptors (Lipinski definition) is 6. The van der Waals surface area contributed by atoms with Crippen LogP contribution in [-0.4, -0.2) is 40.6 Å². The van der Waals surface area contributed by atoms with Crippen LogP contribution in [-0.2, 0) is 11.3 Å². The maximum Gasteiger partial charge on any atom is 0.241 e. The molecular formula is C17H22N4O2S. The van der Waals surface area contributed by atoms with E-state index in [1.807, 2.05) is 17.5 Å². The van der Waals surface area contributed by atoms with Crippen molar-refractivity contribution in [3.8, 4) is 10.7 Å². The second-order valence-electron chi connectivity index (χ2n) is 6.75. The minimum Gasteiger partial charge on any atom is -0.356 e. The zero-order valence-electron chi connectivity index (χ0n) is 13.6. The first-order valence-electron chi connectivity index (χ1n) is 8.64. The Balaban J connectivity index is 1.31. The van der Waals surface area contributed by atoms with Crippen molar-refractivity contribution in [3.05, 3.63) is 23.4 Å². The van der Waals surface area contributed by atoms with E-state index in [1.54, 1.807) is 11.3 Å². The van der Waals surface area contributed by atoms with E-state index in [0.717, 1.165) is 43.3 Å². The molecule has 1 saturated heterocycles. The van der Waals surface area contributed by atoms with Crippen LogP contribution < -0.4 is 5.32 Å². The minimum absolute atomic E-state index is 0.0807.